The van der Waals surface area contributed by atoms with Gasteiger partial charge in [-0.05, 0) is 41.1 Å². The number of benzene rings is 2. The smallest absolute Gasteiger partial charge is 0.277 e. The molecule has 3 aromatic rings. The molecule has 1 heterocycles. The van der Waals surface area contributed by atoms with Gasteiger partial charge in [0.15, 0.2) is 0 Å². The van der Waals surface area contributed by atoms with Crippen molar-refractivity contribution in [3.05, 3.63) is 71.7 Å². The van der Waals surface area contributed by atoms with Gasteiger partial charge in [0.1, 0.15) is 0 Å². The van der Waals surface area contributed by atoms with Crippen molar-refractivity contribution >= 4 is 22.6 Å². The van der Waals surface area contributed by atoms with Gasteiger partial charge in [0, 0.05) is 16.7 Å². The molecule has 0 atom stereocenters. The predicted molar refractivity (Wildman–Crippen MR) is 82.8 cm³/mol. The average Bonchev–Trinajstić information content (AvgIpc) is 3.05. The van der Waals surface area contributed by atoms with Crippen LogP contribution in [0.3, 0.4) is 0 Å². The minimum absolute atomic E-state index is 0.0225. The van der Waals surface area contributed by atoms with E-state index in [1.54, 1.807) is 42.5 Å². The van der Waals surface area contributed by atoms with Gasteiger partial charge in [0.05, 0.1) is 19.1 Å². The molecule has 1 aromatic heterocycles. The molecule has 0 fully saturated rings. The second-order valence-electron chi connectivity index (χ2n) is 5.14. The highest BCUT2D eigenvalue weighted by atomic mass is 16.5. The maximum absolute atomic E-state index is 12.3. The first-order valence-corrected chi connectivity index (χ1v) is 6.90. The van der Waals surface area contributed by atoms with Crippen LogP contribution in [0, 0.1) is 0 Å². The lowest BCUT2D eigenvalue weighted by Crippen LogP contribution is -2.26. The third-order valence-corrected chi connectivity index (χ3v) is 3.52. The normalized spacial score (nSPS) is 10.7. The van der Waals surface area contributed by atoms with E-state index in [9.17, 15) is 14.8 Å². The minimum atomic E-state index is -0.544. The minimum Gasteiger partial charge on any atom is -0.472 e. The lowest BCUT2D eigenvalue weighted by molar-refractivity contribution is -0.0648. The van der Waals surface area contributed by atoms with E-state index in [1.165, 1.54) is 12.5 Å². The number of nitrogens with zero attached hydrogens (tertiary/aromatic N) is 1. The quantitative estimate of drug-likeness (QED) is 0.571. The summed E-state index contributed by atoms with van der Waals surface area (Å²) in [5, 5.41) is 12.1. The van der Waals surface area contributed by atoms with Crippen LogP contribution in [-0.4, -0.2) is 22.1 Å². The lowest BCUT2D eigenvalue weighted by atomic mass is 10.0. The molecule has 0 spiro atoms. The van der Waals surface area contributed by atoms with Crippen LogP contribution in [0.15, 0.2) is 59.4 Å². The number of carbonyl (C=O) groups is 2. The molecule has 0 aliphatic heterocycles. The number of fused-ring (bicyclic) bond motifs is 1. The first-order valence-electron chi connectivity index (χ1n) is 6.90. The van der Waals surface area contributed by atoms with Crippen molar-refractivity contribution < 1.29 is 19.2 Å². The molecule has 0 unspecified atom stereocenters. The number of carbonyl (C=O) groups excluding carboxylic acids is 2. The number of amides is 2. The summed E-state index contributed by atoms with van der Waals surface area (Å²) >= 11 is 0. The second kappa shape index (κ2) is 5.94. The fraction of sp³-hybridized carbons (Fsp3) is 0.0588. The highest BCUT2D eigenvalue weighted by molar-refractivity contribution is 6.01. The number of primary amides is 1. The molecular weight excluding hydrogens is 296 g/mol. The molecule has 6 nitrogen and oxygen atoms in total. The second-order valence-corrected chi connectivity index (χ2v) is 5.14. The van der Waals surface area contributed by atoms with Crippen LogP contribution in [0.5, 0.6) is 0 Å². The van der Waals surface area contributed by atoms with Gasteiger partial charge in [0.2, 0.25) is 5.91 Å². The molecular formula is C17H14N2O4. The molecule has 0 bridgehead atoms. The standard InChI is InChI=1S/C17H14N2O4/c18-16(20)13-3-1-12-2-4-14(8-15(12)7-13)17(21)19(22)9-11-5-6-23-10-11/h1-8,10,22H,9H2,(H2,18,20). The van der Waals surface area contributed by atoms with Gasteiger partial charge in [-0.2, -0.15) is 0 Å². The molecule has 2 aromatic carbocycles. The van der Waals surface area contributed by atoms with Crippen LogP contribution < -0.4 is 5.73 Å². The van der Waals surface area contributed by atoms with Gasteiger partial charge in [0.25, 0.3) is 5.91 Å². The number of rotatable bonds is 4. The molecule has 0 radical (unpaired) electrons. The first kappa shape index (κ1) is 14.8. The summed E-state index contributed by atoms with van der Waals surface area (Å²) in [6.07, 6.45) is 2.92. The number of hydrogen-bond donors (Lipinski definition) is 2. The number of hydroxylamine groups is 2. The molecule has 116 valence electrons. The van der Waals surface area contributed by atoms with E-state index in [0.29, 0.717) is 27.1 Å². The summed E-state index contributed by atoms with van der Waals surface area (Å²) in [5.74, 6) is -1.08. The van der Waals surface area contributed by atoms with Gasteiger partial charge in [-0.15, -0.1) is 0 Å². The number of nitrogens with two attached hydrogens (primary N) is 1. The Morgan fingerprint density at radius 1 is 1.04 bits per heavy atom. The summed E-state index contributed by atoms with van der Waals surface area (Å²) in [4.78, 5) is 23.5. The van der Waals surface area contributed by atoms with Crippen LogP contribution in [0.25, 0.3) is 10.8 Å². The van der Waals surface area contributed by atoms with E-state index in [4.69, 9.17) is 10.2 Å². The summed E-state index contributed by atoms with van der Waals surface area (Å²) < 4.78 is 4.90. The van der Waals surface area contributed by atoms with Crippen LogP contribution in [0.1, 0.15) is 26.3 Å². The van der Waals surface area contributed by atoms with Gasteiger partial charge < -0.3 is 10.2 Å². The number of furan rings is 1. The van der Waals surface area contributed by atoms with Crippen molar-refractivity contribution in [3.8, 4) is 0 Å². The fourth-order valence-electron chi connectivity index (χ4n) is 2.31. The summed E-state index contributed by atoms with van der Waals surface area (Å²) in [5.41, 5.74) is 6.61. The summed E-state index contributed by atoms with van der Waals surface area (Å²) in [6, 6.07) is 11.6. The Labute approximate surface area is 131 Å². The van der Waals surface area contributed by atoms with Crippen LogP contribution >= 0.6 is 0 Å². The summed E-state index contributed by atoms with van der Waals surface area (Å²) in [7, 11) is 0. The Hall–Kier alpha value is -3.12. The zero-order valence-corrected chi connectivity index (χ0v) is 12.1. The molecule has 0 aliphatic carbocycles. The van der Waals surface area contributed by atoms with E-state index < -0.39 is 11.8 Å². The molecule has 2 amide bonds. The van der Waals surface area contributed by atoms with E-state index >= 15 is 0 Å². The van der Waals surface area contributed by atoms with E-state index in [1.807, 2.05) is 0 Å². The highest BCUT2D eigenvalue weighted by Gasteiger charge is 2.15. The van der Waals surface area contributed by atoms with Crippen molar-refractivity contribution in [2.45, 2.75) is 6.54 Å². The molecule has 23 heavy (non-hydrogen) atoms. The average molecular weight is 310 g/mol. The zero-order chi connectivity index (χ0) is 16.4. The third-order valence-electron chi connectivity index (χ3n) is 3.52. The van der Waals surface area contributed by atoms with Crippen LogP contribution in [0.2, 0.25) is 0 Å². The van der Waals surface area contributed by atoms with Gasteiger partial charge >= 0.3 is 0 Å². The van der Waals surface area contributed by atoms with Crippen molar-refractivity contribution in [2.24, 2.45) is 5.73 Å². The Morgan fingerprint density at radius 3 is 2.39 bits per heavy atom. The van der Waals surface area contributed by atoms with Crippen molar-refractivity contribution in [1.82, 2.24) is 5.06 Å². The van der Waals surface area contributed by atoms with Crippen molar-refractivity contribution in [1.29, 1.82) is 0 Å². The monoisotopic (exact) mass is 310 g/mol. The van der Waals surface area contributed by atoms with E-state index in [2.05, 4.69) is 0 Å². The van der Waals surface area contributed by atoms with E-state index in [-0.39, 0.29) is 6.54 Å². The third kappa shape index (κ3) is 3.07. The Morgan fingerprint density at radius 2 is 1.74 bits per heavy atom. The van der Waals surface area contributed by atoms with E-state index in [0.717, 1.165) is 5.39 Å². The van der Waals surface area contributed by atoms with Crippen molar-refractivity contribution in [3.63, 3.8) is 0 Å². The number of hydrogen-bond acceptors (Lipinski definition) is 4. The summed E-state index contributed by atoms with van der Waals surface area (Å²) in [6.45, 7) is 0.0225. The van der Waals surface area contributed by atoms with Crippen LogP contribution in [0.4, 0.5) is 0 Å². The molecule has 6 heteroatoms. The topological polar surface area (TPSA) is 96.8 Å². The first-order chi connectivity index (χ1) is 11.0. The maximum atomic E-state index is 12.3. The highest BCUT2D eigenvalue weighted by Crippen LogP contribution is 2.19. The molecule has 0 aliphatic rings. The molecule has 3 N–H and O–H groups in total. The predicted octanol–water partition coefficient (Wildman–Crippen LogP) is 2.56. The SMILES string of the molecule is NC(=O)c1ccc2ccc(C(=O)N(O)Cc3ccoc3)cc2c1. The Balaban J connectivity index is 1.89. The lowest BCUT2D eigenvalue weighted by Gasteiger charge is -2.14. The maximum Gasteiger partial charge on any atom is 0.277 e. The largest absolute Gasteiger partial charge is 0.472 e. The Kier molecular flexibility index (Phi) is 3.82. The van der Waals surface area contributed by atoms with Gasteiger partial charge in [-0.3, -0.25) is 14.8 Å². The van der Waals surface area contributed by atoms with Gasteiger partial charge in [-0.25, -0.2) is 5.06 Å². The van der Waals surface area contributed by atoms with Crippen LogP contribution in [-0.2, 0) is 6.54 Å². The Bertz CT molecular complexity index is 871. The van der Waals surface area contributed by atoms with Gasteiger partial charge in [-0.1, -0.05) is 12.1 Å². The zero-order valence-electron chi connectivity index (χ0n) is 12.1. The van der Waals surface area contributed by atoms with Crippen molar-refractivity contribution in [2.75, 3.05) is 0 Å². The molecule has 0 saturated heterocycles. The fourth-order valence-corrected chi connectivity index (χ4v) is 2.31. The molecule has 0 saturated carbocycles. The molecule has 3 rings (SSSR count).